The molecule has 4 rings (SSSR count). The molecular weight excluding hydrogens is 780 g/mol. The molecule has 0 bridgehead atoms. The van der Waals surface area contributed by atoms with Crippen LogP contribution in [0.3, 0.4) is 0 Å². The molecular formula is C37H49BrO16. The summed E-state index contributed by atoms with van der Waals surface area (Å²) in [5.41, 5.74) is -0.929. The minimum absolute atomic E-state index is 0.00105. The summed E-state index contributed by atoms with van der Waals surface area (Å²) in [5, 5.41) is -0.0833. The van der Waals surface area contributed by atoms with E-state index in [1.807, 2.05) is 0 Å². The number of ether oxygens (including phenoxy) is 13. The second-order valence-electron chi connectivity index (χ2n) is 11.9. The zero-order valence-electron chi connectivity index (χ0n) is 31.3. The van der Waals surface area contributed by atoms with Crippen molar-refractivity contribution in [2.45, 2.75) is 24.5 Å². The zero-order valence-corrected chi connectivity index (χ0v) is 32.9. The molecule has 0 heterocycles. The van der Waals surface area contributed by atoms with Crippen molar-refractivity contribution in [2.75, 3.05) is 121 Å². The van der Waals surface area contributed by atoms with Crippen LogP contribution in [-0.2, 0) is 58.6 Å². The number of methoxy groups -OCH3 is 5. The smallest absolute Gasteiger partial charge is 0.202 e. The predicted molar refractivity (Wildman–Crippen MR) is 193 cm³/mol. The highest BCUT2D eigenvalue weighted by atomic mass is 79.9. The van der Waals surface area contributed by atoms with Crippen molar-refractivity contribution < 1.29 is 76.0 Å². The number of carbonyl (C=O) groups is 3. The molecule has 2 aromatic carbocycles. The van der Waals surface area contributed by atoms with Crippen molar-refractivity contribution in [1.29, 1.82) is 0 Å². The average Bonchev–Trinajstić information content (AvgIpc) is 3.18. The summed E-state index contributed by atoms with van der Waals surface area (Å²) < 4.78 is 74.0. The largest absolute Gasteiger partial charge is 0.496 e. The van der Waals surface area contributed by atoms with Gasteiger partial charge in [0.2, 0.25) is 5.78 Å². The highest BCUT2D eigenvalue weighted by Gasteiger charge is 2.51. The monoisotopic (exact) mass is 828 g/mol. The summed E-state index contributed by atoms with van der Waals surface area (Å²) in [6, 6.07) is 4.75. The molecule has 54 heavy (non-hydrogen) atoms. The van der Waals surface area contributed by atoms with Crippen LogP contribution in [0.5, 0.6) is 17.2 Å². The van der Waals surface area contributed by atoms with Gasteiger partial charge in [0.25, 0.3) is 0 Å². The molecule has 0 saturated carbocycles. The predicted octanol–water partition coefficient (Wildman–Crippen LogP) is 3.43. The number of ketones is 3. The lowest BCUT2D eigenvalue weighted by atomic mass is 9.71. The fourth-order valence-electron chi connectivity index (χ4n) is 6.13. The van der Waals surface area contributed by atoms with Gasteiger partial charge in [-0.05, 0) is 6.07 Å². The molecule has 0 fully saturated rings. The van der Waals surface area contributed by atoms with Crippen molar-refractivity contribution in [2.24, 2.45) is 0 Å². The molecule has 0 aliphatic heterocycles. The van der Waals surface area contributed by atoms with Gasteiger partial charge in [0.05, 0.1) is 88.1 Å². The molecule has 16 nitrogen and oxygen atoms in total. The van der Waals surface area contributed by atoms with Gasteiger partial charge in [0.15, 0.2) is 25.2 Å². The maximum Gasteiger partial charge on any atom is 0.202 e. The Hall–Kier alpha value is -3.07. The lowest BCUT2D eigenvalue weighted by molar-refractivity contribution is -0.186. The molecule has 0 N–H and O–H groups in total. The van der Waals surface area contributed by atoms with E-state index in [4.69, 9.17) is 61.6 Å². The molecule has 0 radical (unpaired) electrons. The van der Waals surface area contributed by atoms with Gasteiger partial charge in [0.1, 0.15) is 36.4 Å². The van der Waals surface area contributed by atoms with Crippen LogP contribution in [0.25, 0.3) is 0 Å². The van der Waals surface area contributed by atoms with E-state index in [-0.39, 0.29) is 130 Å². The minimum atomic E-state index is -1.57. The number of hydrogen-bond donors (Lipinski definition) is 0. The fraction of sp³-hybridized carbons (Fsp3) is 0.595. The fourth-order valence-corrected chi connectivity index (χ4v) is 6.64. The van der Waals surface area contributed by atoms with E-state index in [9.17, 15) is 14.4 Å². The Balaban J connectivity index is 1.99. The average molecular weight is 830 g/mol. The zero-order chi connectivity index (χ0) is 38.9. The van der Waals surface area contributed by atoms with Crippen molar-refractivity contribution in [3.8, 4) is 17.2 Å². The Bertz CT molecular complexity index is 1550. The third-order valence-electron chi connectivity index (χ3n) is 8.72. The first kappa shape index (κ1) is 43.7. The number of fused-ring (bicyclic) bond motifs is 3. The molecule has 0 saturated heterocycles. The Morgan fingerprint density at radius 2 is 1.26 bits per heavy atom. The molecule has 17 heteroatoms. The van der Waals surface area contributed by atoms with Crippen LogP contribution in [0.1, 0.15) is 55.5 Å². The molecule has 0 amide bonds. The Labute approximate surface area is 322 Å². The summed E-state index contributed by atoms with van der Waals surface area (Å²) in [7, 11) is 7.56. The van der Waals surface area contributed by atoms with E-state index in [2.05, 4.69) is 15.9 Å². The molecule has 2 unspecified atom stereocenters. The van der Waals surface area contributed by atoms with Crippen molar-refractivity contribution in [3.05, 3.63) is 51.6 Å². The maximum atomic E-state index is 14.7. The lowest BCUT2D eigenvalue weighted by Gasteiger charge is -2.42. The minimum Gasteiger partial charge on any atom is -0.496 e. The highest BCUT2D eigenvalue weighted by molar-refractivity contribution is 9.09. The van der Waals surface area contributed by atoms with Crippen LogP contribution in [0, 0.1) is 0 Å². The van der Waals surface area contributed by atoms with Crippen LogP contribution >= 0.6 is 15.9 Å². The Morgan fingerprint density at radius 3 is 1.83 bits per heavy atom. The summed E-state index contributed by atoms with van der Waals surface area (Å²) in [6.07, 6.45) is -1.20. The Kier molecular flexibility index (Phi) is 18.2. The molecule has 2 aliphatic carbocycles. The van der Waals surface area contributed by atoms with E-state index in [1.54, 1.807) is 26.4 Å². The standard InChI is InChI=1S/C37H49BrO16/c1-42-9-13-47-20-51-27-18-37(28(39)19-38,54-23-50-16-12-45-4)17-25-30(27)36(53-22-49-15-11-44-3)32-31(35(25)52-21-48-14-10-43-2)33(40)24-7-6-8-26(46-5)29(24)34(32)41/h6-8,27H,9-23H2,1-5H3. The van der Waals surface area contributed by atoms with Crippen molar-refractivity contribution in [1.82, 2.24) is 0 Å². The quantitative estimate of drug-likeness (QED) is 0.0621. The van der Waals surface area contributed by atoms with E-state index in [0.717, 1.165) is 0 Å². The van der Waals surface area contributed by atoms with Crippen molar-refractivity contribution >= 4 is 33.3 Å². The summed E-state index contributed by atoms with van der Waals surface area (Å²) in [4.78, 5) is 43.4. The van der Waals surface area contributed by atoms with Crippen molar-refractivity contribution in [3.63, 3.8) is 0 Å². The van der Waals surface area contributed by atoms with E-state index in [0.29, 0.717) is 24.3 Å². The molecule has 0 spiro atoms. The molecule has 2 aliphatic rings. The van der Waals surface area contributed by atoms with Crippen LogP contribution in [0.2, 0.25) is 0 Å². The van der Waals surface area contributed by atoms with Gasteiger partial charge in [-0.3, -0.25) is 14.4 Å². The summed E-state index contributed by atoms with van der Waals surface area (Å²) >= 11 is 3.33. The SMILES string of the molecule is COCCOCOc1c2c(c(OCOCCOC)c3c1C(=O)c1cccc(OC)c1C3=O)C(OCOCCOC)CC(OCOCCOC)(C(=O)CBr)C2. The van der Waals surface area contributed by atoms with Gasteiger partial charge in [-0.2, -0.15) is 0 Å². The van der Waals surface area contributed by atoms with E-state index in [1.165, 1.54) is 27.4 Å². The van der Waals surface area contributed by atoms with Gasteiger partial charge in [-0.1, -0.05) is 28.1 Å². The number of carbonyl (C=O) groups excluding carboxylic acids is 3. The normalized spacial score (nSPS) is 17.6. The number of rotatable bonds is 27. The summed E-state index contributed by atoms with van der Waals surface area (Å²) in [6.45, 7) is 0.774. The molecule has 300 valence electrons. The topological polar surface area (TPSA) is 171 Å². The number of hydrogen-bond acceptors (Lipinski definition) is 16. The van der Waals surface area contributed by atoms with E-state index < -0.39 is 23.3 Å². The van der Waals surface area contributed by atoms with Gasteiger partial charge in [-0.15, -0.1) is 0 Å². The van der Waals surface area contributed by atoms with E-state index >= 15 is 0 Å². The van der Waals surface area contributed by atoms with Crippen LogP contribution in [0.4, 0.5) is 0 Å². The second kappa shape index (κ2) is 22.5. The van der Waals surface area contributed by atoms with Crippen LogP contribution in [-0.4, -0.2) is 144 Å². The van der Waals surface area contributed by atoms with Gasteiger partial charge >= 0.3 is 0 Å². The number of alkyl halides is 1. The van der Waals surface area contributed by atoms with Gasteiger partial charge in [-0.25, -0.2) is 0 Å². The summed E-state index contributed by atoms with van der Waals surface area (Å²) in [5.74, 6) is -1.21. The second-order valence-corrected chi connectivity index (χ2v) is 12.5. The molecule has 2 aromatic rings. The first-order valence-electron chi connectivity index (χ1n) is 17.2. The van der Waals surface area contributed by atoms with Gasteiger partial charge < -0.3 is 61.6 Å². The third-order valence-corrected chi connectivity index (χ3v) is 9.23. The Morgan fingerprint density at radius 1 is 0.704 bits per heavy atom. The number of Topliss-reactive ketones (excluding diaryl/α,β-unsaturated/α-hetero) is 1. The number of halogens is 1. The maximum absolute atomic E-state index is 14.7. The first-order valence-corrected chi connectivity index (χ1v) is 18.3. The number of benzene rings is 2. The van der Waals surface area contributed by atoms with Crippen LogP contribution in [0.15, 0.2) is 18.2 Å². The molecule has 2 atom stereocenters. The molecule has 0 aromatic heterocycles. The lowest BCUT2D eigenvalue weighted by Crippen LogP contribution is -2.50. The highest BCUT2D eigenvalue weighted by Crippen LogP contribution is 2.53. The van der Waals surface area contributed by atoms with Gasteiger partial charge in [0, 0.05) is 58.0 Å². The first-order chi connectivity index (χ1) is 26.3. The third kappa shape index (κ3) is 10.4. The van der Waals surface area contributed by atoms with Crippen LogP contribution < -0.4 is 14.2 Å².